The molecule has 0 aliphatic carbocycles. The van der Waals surface area contributed by atoms with Crippen LogP contribution in [0.2, 0.25) is 0 Å². The molecule has 1 atom stereocenters. The number of nitro groups is 1. The van der Waals surface area contributed by atoms with Crippen molar-refractivity contribution in [3.63, 3.8) is 0 Å². The van der Waals surface area contributed by atoms with Crippen LogP contribution in [0.25, 0.3) is 0 Å². The lowest BCUT2D eigenvalue weighted by Crippen LogP contribution is -2.10. The van der Waals surface area contributed by atoms with E-state index in [2.05, 4.69) is 0 Å². The molecule has 1 rings (SSSR count). The van der Waals surface area contributed by atoms with Gasteiger partial charge in [0.25, 0.3) is 0 Å². The molecule has 90 valence electrons. The minimum Gasteiger partial charge on any atom is -0.502 e. The number of nitrogens with zero attached hydrogens (tertiary/aromatic N) is 1. The van der Waals surface area contributed by atoms with Crippen LogP contribution in [0.15, 0.2) is 12.1 Å². The van der Waals surface area contributed by atoms with E-state index in [1.54, 1.807) is 6.92 Å². The SMILES string of the molecule is CC[C@H](N)c1cc(F)cc([N+](=O)[O-])c1O.Cl. The number of rotatable bonds is 3. The Balaban J connectivity index is 0.00000225. The molecule has 0 aliphatic rings. The van der Waals surface area contributed by atoms with Crippen LogP contribution < -0.4 is 5.73 Å². The maximum Gasteiger partial charge on any atom is 0.313 e. The zero-order valence-corrected chi connectivity index (χ0v) is 9.33. The number of nitro benzene ring substituents is 1. The molecule has 0 heterocycles. The first-order chi connectivity index (χ1) is 6.97. The van der Waals surface area contributed by atoms with E-state index in [9.17, 15) is 19.6 Å². The van der Waals surface area contributed by atoms with Crippen LogP contribution in [0.4, 0.5) is 10.1 Å². The number of phenolic OH excluding ortho intramolecular Hbond substituents is 1. The number of benzene rings is 1. The highest BCUT2D eigenvalue weighted by atomic mass is 35.5. The largest absolute Gasteiger partial charge is 0.502 e. The highest BCUT2D eigenvalue weighted by Crippen LogP contribution is 2.34. The molecule has 0 amide bonds. The van der Waals surface area contributed by atoms with Gasteiger partial charge in [0.05, 0.1) is 11.0 Å². The van der Waals surface area contributed by atoms with Crippen molar-refractivity contribution in [2.45, 2.75) is 19.4 Å². The zero-order valence-electron chi connectivity index (χ0n) is 8.51. The molecule has 0 bridgehead atoms. The number of nitrogens with two attached hydrogens (primary N) is 1. The Kier molecular flexibility index (Phi) is 5.13. The van der Waals surface area contributed by atoms with Gasteiger partial charge in [0, 0.05) is 11.6 Å². The van der Waals surface area contributed by atoms with Gasteiger partial charge in [0.15, 0.2) is 5.75 Å². The number of halogens is 2. The molecule has 16 heavy (non-hydrogen) atoms. The maximum absolute atomic E-state index is 13.0. The van der Waals surface area contributed by atoms with Gasteiger partial charge in [0.2, 0.25) is 0 Å². The molecule has 0 unspecified atom stereocenters. The van der Waals surface area contributed by atoms with E-state index in [1.807, 2.05) is 0 Å². The second-order valence-corrected chi connectivity index (χ2v) is 3.13. The molecule has 0 radical (unpaired) electrons. The first kappa shape index (κ1) is 14.6. The van der Waals surface area contributed by atoms with Gasteiger partial charge in [-0.2, -0.15) is 0 Å². The fourth-order valence-electron chi connectivity index (χ4n) is 1.25. The predicted octanol–water partition coefficient (Wildman–Crippen LogP) is 2.27. The molecular formula is C9H12ClFN2O3. The van der Waals surface area contributed by atoms with Crippen molar-refractivity contribution in [3.8, 4) is 5.75 Å². The van der Waals surface area contributed by atoms with Gasteiger partial charge < -0.3 is 10.8 Å². The molecule has 1 aromatic rings. The molecule has 0 saturated carbocycles. The maximum atomic E-state index is 13.0. The number of aromatic hydroxyl groups is 1. The van der Waals surface area contributed by atoms with Crippen molar-refractivity contribution in [2.24, 2.45) is 5.73 Å². The van der Waals surface area contributed by atoms with Crippen LogP contribution >= 0.6 is 12.4 Å². The van der Waals surface area contributed by atoms with Crippen molar-refractivity contribution >= 4 is 18.1 Å². The van der Waals surface area contributed by atoms with Crippen LogP contribution in [0.1, 0.15) is 24.9 Å². The van der Waals surface area contributed by atoms with Gasteiger partial charge >= 0.3 is 5.69 Å². The molecule has 1 aromatic carbocycles. The highest BCUT2D eigenvalue weighted by molar-refractivity contribution is 5.85. The third kappa shape index (κ3) is 2.80. The van der Waals surface area contributed by atoms with Crippen LogP contribution in [-0.4, -0.2) is 10.0 Å². The first-order valence-corrected chi connectivity index (χ1v) is 4.39. The van der Waals surface area contributed by atoms with E-state index >= 15 is 0 Å². The summed E-state index contributed by atoms with van der Waals surface area (Å²) in [7, 11) is 0. The lowest BCUT2D eigenvalue weighted by molar-refractivity contribution is -0.386. The minimum absolute atomic E-state index is 0. The second-order valence-electron chi connectivity index (χ2n) is 3.13. The molecule has 0 saturated heterocycles. The molecule has 0 aliphatic heterocycles. The van der Waals surface area contributed by atoms with Crippen molar-refractivity contribution in [2.75, 3.05) is 0 Å². The summed E-state index contributed by atoms with van der Waals surface area (Å²) in [6.45, 7) is 1.74. The van der Waals surface area contributed by atoms with Crippen LogP contribution in [0, 0.1) is 15.9 Å². The molecule has 0 fully saturated rings. The monoisotopic (exact) mass is 250 g/mol. The molecule has 3 N–H and O–H groups in total. The van der Waals surface area contributed by atoms with E-state index in [-0.39, 0.29) is 18.0 Å². The highest BCUT2D eigenvalue weighted by Gasteiger charge is 2.21. The molecule has 7 heteroatoms. The second kappa shape index (κ2) is 5.62. The van der Waals surface area contributed by atoms with Crippen LogP contribution in [0.3, 0.4) is 0 Å². The van der Waals surface area contributed by atoms with Gasteiger partial charge in [-0.25, -0.2) is 4.39 Å². The average molecular weight is 251 g/mol. The van der Waals surface area contributed by atoms with Gasteiger partial charge in [-0.15, -0.1) is 12.4 Å². The fourth-order valence-corrected chi connectivity index (χ4v) is 1.25. The summed E-state index contributed by atoms with van der Waals surface area (Å²) < 4.78 is 13.0. The van der Waals surface area contributed by atoms with Crippen molar-refractivity contribution in [1.29, 1.82) is 0 Å². The lowest BCUT2D eigenvalue weighted by atomic mass is 10.0. The molecule has 0 aromatic heterocycles. The van der Waals surface area contributed by atoms with Gasteiger partial charge in [0.1, 0.15) is 5.82 Å². The Morgan fingerprint density at radius 2 is 2.19 bits per heavy atom. The Labute approximate surface area is 97.6 Å². The Morgan fingerprint density at radius 1 is 1.62 bits per heavy atom. The van der Waals surface area contributed by atoms with Gasteiger partial charge in [-0.3, -0.25) is 10.1 Å². The standard InChI is InChI=1S/C9H11FN2O3.ClH/c1-2-7(11)6-3-5(10)4-8(9(6)13)12(14)15;/h3-4,7,13H,2,11H2,1H3;1H/t7-;/m0./s1. The van der Waals surface area contributed by atoms with Gasteiger partial charge in [-0.1, -0.05) is 6.92 Å². The quantitative estimate of drug-likeness (QED) is 0.636. The summed E-state index contributed by atoms with van der Waals surface area (Å²) in [5.74, 6) is -1.34. The predicted molar refractivity (Wildman–Crippen MR) is 59.2 cm³/mol. The Morgan fingerprint density at radius 3 is 2.62 bits per heavy atom. The summed E-state index contributed by atoms with van der Waals surface area (Å²) in [6.07, 6.45) is 0.453. The minimum atomic E-state index is -0.843. The summed E-state index contributed by atoms with van der Waals surface area (Å²) in [4.78, 5) is 9.63. The fraction of sp³-hybridized carbons (Fsp3) is 0.333. The molecule has 0 spiro atoms. The Hall–Kier alpha value is -1.40. The van der Waals surface area contributed by atoms with E-state index in [4.69, 9.17) is 5.73 Å². The normalized spacial score (nSPS) is 11.7. The number of hydrogen-bond donors (Lipinski definition) is 2. The van der Waals surface area contributed by atoms with Crippen molar-refractivity contribution in [3.05, 3.63) is 33.6 Å². The Bertz CT molecular complexity index is 401. The number of hydrogen-bond acceptors (Lipinski definition) is 4. The zero-order chi connectivity index (χ0) is 11.6. The van der Waals surface area contributed by atoms with E-state index in [0.29, 0.717) is 12.5 Å². The first-order valence-electron chi connectivity index (χ1n) is 4.39. The van der Waals surface area contributed by atoms with Crippen molar-refractivity contribution < 1.29 is 14.4 Å². The van der Waals surface area contributed by atoms with E-state index in [1.165, 1.54) is 0 Å². The third-order valence-corrected chi connectivity index (χ3v) is 2.12. The lowest BCUT2D eigenvalue weighted by Gasteiger charge is -2.11. The third-order valence-electron chi connectivity index (χ3n) is 2.12. The average Bonchev–Trinajstić information content (AvgIpc) is 2.19. The number of phenols is 1. The van der Waals surface area contributed by atoms with Gasteiger partial charge in [-0.05, 0) is 12.5 Å². The van der Waals surface area contributed by atoms with Crippen LogP contribution in [-0.2, 0) is 0 Å². The topological polar surface area (TPSA) is 89.4 Å². The smallest absolute Gasteiger partial charge is 0.313 e. The van der Waals surface area contributed by atoms with Crippen molar-refractivity contribution in [1.82, 2.24) is 0 Å². The molecule has 5 nitrogen and oxygen atoms in total. The summed E-state index contributed by atoms with van der Waals surface area (Å²) in [5.41, 5.74) is 4.98. The summed E-state index contributed by atoms with van der Waals surface area (Å²) >= 11 is 0. The van der Waals surface area contributed by atoms with E-state index in [0.717, 1.165) is 6.07 Å². The molecular weight excluding hydrogens is 239 g/mol. The van der Waals surface area contributed by atoms with Crippen LogP contribution in [0.5, 0.6) is 5.75 Å². The van der Waals surface area contributed by atoms with E-state index < -0.39 is 28.2 Å². The summed E-state index contributed by atoms with van der Waals surface area (Å²) in [6, 6.07) is 1.07. The summed E-state index contributed by atoms with van der Waals surface area (Å²) in [5, 5.41) is 20.0.